The van der Waals surface area contributed by atoms with Gasteiger partial charge in [0.1, 0.15) is 5.69 Å². The third-order valence-corrected chi connectivity index (χ3v) is 3.59. The van der Waals surface area contributed by atoms with Crippen LogP contribution in [-0.4, -0.2) is 24.7 Å². The van der Waals surface area contributed by atoms with Gasteiger partial charge in [-0.05, 0) is 6.92 Å². The van der Waals surface area contributed by atoms with E-state index in [1.54, 1.807) is 17.8 Å². The maximum Gasteiger partial charge on any atom is 0.223 e. The van der Waals surface area contributed by atoms with Crippen LogP contribution in [0.25, 0.3) is 11.3 Å². The molecule has 6 heteroatoms. The Balaban J connectivity index is 1.74. The Morgan fingerprint density at radius 2 is 1.91 bits per heavy atom. The van der Waals surface area contributed by atoms with Crippen molar-refractivity contribution in [3.8, 4) is 17.0 Å². The molecule has 0 radical (unpaired) electrons. The molecule has 3 rings (SSSR count). The van der Waals surface area contributed by atoms with E-state index in [1.165, 1.54) is 6.07 Å². The van der Waals surface area contributed by atoms with E-state index in [0.29, 0.717) is 18.8 Å². The number of benzene rings is 1. The lowest BCUT2D eigenvalue weighted by Crippen LogP contribution is -2.14. The first-order valence-electron chi connectivity index (χ1n) is 7.00. The second-order valence-corrected chi connectivity index (χ2v) is 5.04. The molecule has 2 heterocycles. The monoisotopic (exact) mass is 296 g/mol. The molecule has 0 amide bonds. The molecule has 0 aliphatic carbocycles. The van der Waals surface area contributed by atoms with Gasteiger partial charge in [0.05, 0.1) is 18.4 Å². The molecule has 22 heavy (non-hydrogen) atoms. The summed E-state index contributed by atoms with van der Waals surface area (Å²) in [5.41, 5.74) is 2.03. The predicted molar refractivity (Wildman–Crippen MR) is 82.6 cm³/mol. The van der Waals surface area contributed by atoms with E-state index >= 15 is 0 Å². The van der Waals surface area contributed by atoms with Crippen LogP contribution in [0.2, 0.25) is 0 Å². The third kappa shape index (κ3) is 2.76. The summed E-state index contributed by atoms with van der Waals surface area (Å²) in [7, 11) is 0. The SMILES string of the molecule is Cc1c(O)c(=O)ccn1CCn1cc(-c2ccccc2)nn1. The molecule has 2 aromatic heterocycles. The van der Waals surface area contributed by atoms with Gasteiger partial charge in [-0.3, -0.25) is 9.48 Å². The summed E-state index contributed by atoms with van der Waals surface area (Å²) in [5.74, 6) is -0.203. The predicted octanol–water partition coefficient (Wildman–Crippen LogP) is 1.82. The van der Waals surface area contributed by atoms with Crippen molar-refractivity contribution in [2.45, 2.75) is 20.0 Å². The van der Waals surface area contributed by atoms with E-state index in [-0.39, 0.29) is 11.2 Å². The number of nitrogens with zero attached hydrogens (tertiary/aromatic N) is 4. The number of aryl methyl sites for hydroxylation is 2. The van der Waals surface area contributed by atoms with Crippen LogP contribution in [0.15, 0.2) is 53.6 Å². The van der Waals surface area contributed by atoms with Gasteiger partial charge in [-0.2, -0.15) is 0 Å². The quantitative estimate of drug-likeness (QED) is 0.797. The fraction of sp³-hybridized carbons (Fsp3) is 0.188. The van der Waals surface area contributed by atoms with Crippen molar-refractivity contribution in [1.82, 2.24) is 19.6 Å². The van der Waals surface area contributed by atoms with Crippen LogP contribution >= 0.6 is 0 Å². The van der Waals surface area contributed by atoms with Crippen molar-refractivity contribution in [1.29, 1.82) is 0 Å². The van der Waals surface area contributed by atoms with Gasteiger partial charge in [0.25, 0.3) is 0 Å². The zero-order valence-electron chi connectivity index (χ0n) is 12.2. The number of rotatable bonds is 4. The van der Waals surface area contributed by atoms with Crippen LogP contribution in [-0.2, 0) is 13.1 Å². The average Bonchev–Trinajstić information content (AvgIpc) is 3.02. The van der Waals surface area contributed by atoms with Crippen LogP contribution in [0, 0.1) is 6.92 Å². The fourth-order valence-electron chi connectivity index (χ4n) is 2.26. The van der Waals surface area contributed by atoms with E-state index in [4.69, 9.17) is 0 Å². The van der Waals surface area contributed by atoms with Gasteiger partial charge in [-0.15, -0.1) is 5.10 Å². The van der Waals surface area contributed by atoms with Crippen LogP contribution in [0.3, 0.4) is 0 Å². The van der Waals surface area contributed by atoms with Crippen molar-refractivity contribution in [3.63, 3.8) is 0 Å². The molecule has 3 aromatic rings. The highest BCUT2D eigenvalue weighted by Gasteiger charge is 2.06. The van der Waals surface area contributed by atoms with Gasteiger partial charge in [0, 0.05) is 24.4 Å². The molecule has 0 saturated carbocycles. The second kappa shape index (κ2) is 5.85. The van der Waals surface area contributed by atoms with E-state index in [1.807, 2.05) is 41.1 Å². The summed E-state index contributed by atoms with van der Waals surface area (Å²) in [6.07, 6.45) is 3.56. The standard InChI is InChI=1S/C16H16N4O2/c1-12-16(22)15(21)7-8-19(12)9-10-20-11-14(17-18-20)13-5-3-2-4-6-13/h2-8,11,22H,9-10H2,1H3. The summed E-state index contributed by atoms with van der Waals surface area (Å²) in [6.45, 7) is 2.91. The molecule has 0 atom stereocenters. The first-order chi connectivity index (χ1) is 10.6. The minimum atomic E-state index is -0.360. The van der Waals surface area contributed by atoms with Gasteiger partial charge in [-0.25, -0.2) is 0 Å². The molecule has 0 unspecified atom stereocenters. The normalized spacial score (nSPS) is 10.8. The van der Waals surface area contributed by atoms with E-state index < -0.39 is 0 Å². The summed E-state index contributed by atoms with van der Waals surface area (Å²) in [6, 6.07) is 11.2. The van der Waals surface area contributed by atoms with E-state index in [2.05, 4.69) is 10.3 Å². The maximum atomic E-state index is 11.3. The molecule has 0 bridgehead atoms. The number of aromatic nitrogens is 4. The first-order valence-corrected chi connectivity index (χ1v) is 7.00. The lowest BCUT2D eigenvalue weighted by Gasteiger charge is -2.10. The van der Waals surface area contributed by atoms with Crippen LogP contribution in [0.1, 0.15) is 5.69 Å². The molecular weight excluding hydrogens is 280 g/mol. The maximum absolute atomic E-state index is 11.3. The van der Waals surface area contributed by atoms with Crippen LogP contribution in [0.4, 0.5) is 0 Å². The molecule has 0 aliphatic rings. The Morgan fingerprint density at radius 1 is 1.14 bits per heavy atom. The highest BCUT2D eigenvalue weighted by Crippen LogP contribution is 2.15. The van der Waals surface area contributed by atoms with Gasteiger partial charge >= 0.3 is 0 Å². The van der Waals surface area contributed by atoms with Gasteiger partial charge < -0.3 is 9.67 Å². The number of aromatic hydroxyl groups is 1. The summed E-state index contributed by atoms with van der Waals surface area (Å²) < 4.78 is 3.57. The van der Waals surface area contributed by atoms with Crippen molar-refractivity contribution >= 4 is 0 Å². The third-order valence-electron chi connectivity index (χ3n) is 3.59. The molecule has 0 spiro atoms. The summed E-state index contributed by atoms with van der Waals surface area (Å²) in [4.78, 5) is 11.3. The van der Waals surface area contributed by atoms with E-state index in [0.717, 1.165) is 11.3 Å². The summed E-state index contributed by atoms with van der Waals surface area (Å²) in [5, 5.41) is 17.9. The molecule has 6 nitrogen and oxygen atoms in total. The molecule has 0 fully saturated rings. The average molecular weight is 296 g/mol. The van der Waals surface area contributed by atoms with Crippen LogP contribution in [0.5, 0.6) is 5.75 Å². The summed E-state index contributed by atoms with van der Waals surface area (Å²) >= 11 is 0. The Labute approximate surface area is 127 Å². The molecule has 1 N–H and O–H groups in total. The number of hydrogen-bond acceptors (Lipinski definition) is 4. The Bertz CT molecular complexity index is 837. The number of pyridine rings is 1. The Kier molecular flexibility index (Phi) is 3.74. The second-order valence-electron chi connectivity index (χ2n) is 5.04. The van der Waals surface area contributed by atoms with Gasteiger partial charge in [0.2, 0.25) is 5.43 Å². The zero-order valence-corrected chi connectivity index (χ0v) is 12.2. The van der Waals surface area contributed by atoms with E-state index in [9.17, 15) is 9.90 Å². The molecular formula is C16H16N4O2. The molecule has 112 valence electrons. The lowest BCUT2D eigenvalue weighted by molar-refractivity contribution is 0.444. The number of hydrogen-bond donors (Lipinski definition) is 1. The van der Waals surface area contributed by atoms with Gasteiger partial charge in [0.15, 0.2) is 5.75 Å². The van der Waals surface area contributed by atoms with Crippen molar-refractivity contribution in [2.75, 3.05) is 0 Å². The molecule has 1 aromatic carbocycles. The first kappa shape index (κ1) is 14.1. The topological polar surface area (TPSA) is 72.9 Å². The fourth-order valence-corrected chi connectivity index (χ4v) is 2.26. The van der Waals surface area contributed by atoms with Crippen LogP contribution < -0.4 is 5.43 Å². The highest BCUT2D eigenvalue weighted by atomic mass is 16.3. The van der Waals surface area contributed by atoms with Crippen molar-refractivity contribution in [3.05, 3.63) is 64.7 Å². The Morgan fingerprint density at radius 3 is 2.68 bits per heavy atom. The minimum Gasteiger partial charge on any atom is -0.503 e. The molecule has 0 saturated heterocycles. The van der Waals surface area contributed by atoms with Crippen molar-refractivity contribution in [2.24, 2.45) is 0 Å². The van der Waals surface area contributed by atoms with Gasteiger partial charge in [-0.1, -0.05) is 35.5 Å². The highest BCUT2D eigenvalue weighted by molar-refractivity contribution is 5.57. The van der Waals surface area contributed by atoms with Crippen molar-refractivity contribution < 1.29 is 5.11 Å². The zero-order chi connectivity index (χ0) is 15.5. The smallest absolute Gasteiger partial charge is 0.223 e. The lowest BCUT2D eigenvalue weighted by atomic mass is 10.2. The largest absolute Gasteiger partial charge is 0.503 e. The molecule has 0 aliphatic heterocycles. The Hall–Kier alpha value is -2.89. The minimum absolute atomic E-state index is 0.203.